The Hall–Kier alpha value is -1.84. The summed E-state index contributed by atoms with van der Waals surface area (Å²) in [5.74, 6) is 0.864. The standard InChI is InChI=1S/C19H30N4/c1-3-5-7-11-17-18(12-6-4-2)22-23(19(17)20)15-13-16-10-8-9-14-21-16/h8-10,14H,3-7,11-13,15,20H2,1-2H3. The third kappa shape index (κ3) is 5.08. The number of nitrogen functional groups attached to an aromatic ring is 1. The molecule has 0 spiro atoms. The van der Waals surface area contributed by atoms with E-state index in [4.69, 9.17) is 10.8 Å². The molecule has 0 aromatic carbocycles. The average molecular weight is 314 g/mol. The van der Waals surface area contributed by atoms with Gasteiger partial charge in [0.25, 0.3) is 0 Å². The molecule has 2 aromatic rings. The van der Waals surface area contributed by atoms with Gasteiger partial charge in [0, 0.05) is 30.4 Å². The first-order chi connectivity index (χ1) is 11.3. The summed E-state index contributed by atoms with van der Waals surface area (Å²) in [4.78, 5) is 4.38. The molecule has 2 heterocycles. The highest BCUT2D eigenvalue weighted by Gasteiger charge is 2.14. The van der Waals surface area contributed by atoms with Crippen molar-refractivity contribution in [1.82, 2.24) is 14.8 Å². The van der Waals surface area contributed by atoms with Crippen LogP contribution in [0.5, 0.6) is 0 Å². The van der Waals surface area contributed by atoms with Crippen molar-refractivity contribution in [3.63, 3.8) is 0 Å². The fourth-order valence-corrected chi connectivity index (χ4v) is 2.87. The molecule has 2 N–H and O–H groups in total. The zero-order valence-electron chi connectivity index (χ0n) is 14.6. The van der Waals surface area contributed by atoms with Gasteiger partial charge in [-0.1, -0.05) is 39.2 Å². The summed E-state index contributed by atoms with van der Waals surface area (Å²) in [6.45, 7) is 5.26. The lowest BCUT2D eigenvalue weighted by molar-refractivity contribution is 0.603. The molecule has 0 unspecified atom stereocenters. The molecule has 0 saturated heterocycles. The van der Waals surface area contributed by atoms with Gasteiger partial charge in [0.05, 0.1) is 5.69 Å². The Labute approximate surface area is 140 Å². The predicted molar refractivity (Wildman–Crippen MR) is 96.4 cm³/mol. The molecular weight excluding hydrogens is 284 g/mol. The number of hydrogen-bond donors (Lipinski definition) is 1. The number of rotatable bonds is 10. The van der Waals surface area contributed by atoms with Crippen molar-refractivity contribution < 1.29 is 0 Å². The van der Waals surface area contributed by atoms with Gasteiger partial charge in [-0.05, 0) is 37.8 Å². The number of anilines is 1. The Morgan fingerprint density at radius 1 is 1.00 bits per heavy atom. The second-order valence-corrected chi connectivity index (χ2v) is 6.17. The minimum atomic E-state index is 0.801. The first-order valence-electron chi connectivity index (χ1n) is 9.00. The molecule has 0 amide bonds. The first kappa shape index (κ1) is 17.5. The van der Waals surface area contributed by atoms with Gasteiger partial charge in [0.1, 0.15) is 5.82 Å². The maximum atomic E-state index is 6.40. The normalized spacial score (nSPS) is 11.0. The molecule has 2 aromatic heterocycles. The molecule has 23 heavy (non-hydrogen) atoms. The van der Waals surface area contributed by atoms with Gasteiger partial charge in [0.15, 0.2) is 0 Å². The molecule has 0 aliphatic rings. The SMILES string of the molecule is CCCCCc1c(CCCC)nn(CCc2ccccn2)c1N. The Morgan fingerprint density at radius 3 is 2.52 bits per heavy atom. The molecule has 0 aliphatic carbocycles. The van der Waals surface area contributed by atoms with Gasteiger partial charge < -0.3 is 5.73 Å². The van der Waals surface area contributed by atoms with Gasteiger partial charge in [0.2, 0.25) is 0 Å². The van der Waals surface area contributed by atoms with Crippen LogP contribution in [0.2, 0.25) is 0 Å². The zero-order chi connectivity index (χ0) is 16.5. The number of unbranched alkanes of at least 4 members (excludes halogenated alkanes) is 3. The van der Waals surface area contributed by atoms with E-state index in [1.807, 2.05) is 23.0 Å². The molecule has 0 aliphatic heterocycles. The van der Waals surface area contributed by atoms with Crippen molar-refractivity contribution in [3.05, 3.63) is 41.3 Å². The lowest BCUT2D eigenvalue weighted by atomic mass is 10.0. The van der Waals surface area contributed by atoms with Crippen molar-refractivity contribution in [2.45, 2.75) is 71.8 Å². The van der Waals surface area contributed by atoms with E-state index < -0.39 is 0 Å². The molecule has 0 fully saturated rings. The lowest BCUT2D eigenvalue weighted by Crippen LogP contribution is -2.08. The number of pyridine rings is 1. The van der Waals surface area contributed by atoms with Crippen molar-refractivity contribution >= 4 is 5.82 Å². The van der Waals surface area contributed by atoms with Crippen molar-refractivity contribution in [2.75, 3.05) is 5.73 Å². The summed E-state index contributed by atoms with van der Waals surface area (Å²) in [5.41, 5.74) is 9.99. The van der Waals surface area contributed by atoms with Crippen molar-refractivity contribution in [1.29, 1.82) is 0 Å². The predicted octanol–water partition coefficient (Wildman–Crippen LogP) is 4.18. The largest absolute Gasteiger partial charge is 0.384 e. The second-order valence-electron chi connectivity index (χ2n) is 6.17. The summed E-state index contributed by atoms with van der Waals surface area (Å²) < 4.78 is 1.99. The zero-order valence-corrected chi connectivity index (χ0v) is 14.6. The van der Waals surface area contributed by atoms with Crippen molar-refractivity contribution in [3.8, 4) is 0 Å². The van der Waals surface area contributed by atoms with Gasteiger partial charge in [-0.2, -0.15) is 5.10 Å². The summed E-state index contributed by atoms with van der Waals surface area (Å²) in [6.07, 6.45) is 10.9. The highest BCUT2D eigenvalue weighted by molar-refractivity contribution is 5.44. The molecule has 0 atom stereocenters. The molecule has 4 nitrogen and oxygen atoms in total. The number of aromatic nitrogens is 3. The van der Waals surface area contributed by atoms with E-state index in [9.17, 15) is 0 Å². The van der Waals surface area contributed by atoms with Crippen LogP contribution in [-0.4, -0.2) is 14.8 Å². The maximum absolute atomic E-state index is 6.40. The monoisotopic (exact) mass is 314 g/mol. The summed E-state index contributed by atoms with van der Waals surface area (Å²) in [5, 5.41) is 4.80. The van der Waals surface area contributed by atoms with Gasteiger partial charge in [-0.25, -0.2) is 4.68 Å². The number of aryl methyl sites for hydroxylation is 3. The van der Waals surface area contributed by atoms with Gasteiger partial charge in [-0.15, -0.1) is 0 Å². The average Bonchev–Trinajstić information content (AvgIpc) is 2.88. The van der Waals surface area contributed by atoms with E-state index in [1.165, 1.54) is 43.4 Å². The highest BCUT2D eigenvalue weighted by Crippen LogP contribution is 2.22. The minimum Gasteiger partial charge on any atom is -0.384 e. The number of nitrogens with two attached hydrogens (primary N) is 1. The third-order valence-electron chi connectivity index (χ3n) is 4.28. The third-order valence-corrected chi connectivity index (χ3v) is 4.28. The maximum Gasteiger partial charge on any atom is 0.125 e. The Bertz CT molecular complexity index is 575. The Balaban J connectivity index is 2.08. The quantitative estimate of drug-likeness (QED) is 0.669. The summed E-state index contributed by atoms with van der Waals surface area (Å²) >= 11 is 0. The summed E-state index contributed by atoms with van der Waals surface area (Å²) in [7, 11) is 0. The molecule has 4 heteroatoms. The van der Waals surface area contributed by atoms with Crippen molar-refractivity contribution in [2.24, 2.45) is 0 Å². The van der Waals surface area contributed by atoms with E-state index in [2.05, 4.69) is 24.9 Å². The Morgan fingerprint density at radius 2 is 1.83 bits per heavy atom. The minimum absolute atomic E-state index is 0.801. The molecule has 126 valence electrons. The van der Waals surface area contributed by atoms with E-state index in [1.54, 1.807) is 0 Å². The van der Waals surface area contributed by atoms with Gasteiger partial charge in [-0.3, -0.25) is 4.98 Å². The smallest absolute Gasteiger partial charge is 0.125 e. The molecule has 0 radical (unpaired) electrons. The van der Waals surface area contributed by atoms with Crippen LogP contribution in [-0.2, 0) is 25.8 Å². The molecular formula is C19H30N4. The second kappa shape index (κ2) is 9.33. The topological polar surface area (TPSA) is 56.7 Å². The van der Waals surface area contributed by atoms with Crippen LogP contribution in [0.3, 0.4) is 0 Å². The fraction of sp³-hybridized carbons (Fsp3) is 0.579. The molecule has 2 rings (SSSR count). The molecule has 0 saturated carbocycles. The van der Waals surface area contributed by atoms with Crippen LogP contribution in [0.25, 0.3) is 0 Å². The molecule has 0 bridgehead atoms. The lowest BCUT2D eigenvalue weighted by Gasteiger charge is -2.05. The van der Waals surface area contributed by atoms with Crippen LogP contribution < -0.4 is 5.73 Å². The van der Waals surface area contributed by atoms with E-state index in [0.717, 1.165) is 37.3 Å². The van der Waals surface area contributed by atoms with E-state index in [-0.39, 0.29) is 0 Å². The number of nitrogens with zero attached hydrogens (tertiary/aromatic N) is 3. The Kier molecular flexibility index (Phi) is 7.11. The fourth-order valence-electron chi connectivity index (χ4n) is 2.87. The van der Waals surface area contributed by atoms with Crippen LogP contribution in [0.4, 0.5) is 5.82 Å². The van der Waals surface area contributed by atoms with E-state index in [0.29, 0.717) is 0 Å². The first-order valence-corrected chi connectivity index (χ1v) is 9.00. The van der Waals surface area contributed by atoms with Crippen LogP contribution in [0.15, 0.2) is 24.4 Å². The van der Waals surface area contributed by atoms with Crippen LogP contribution in [0.1, 0.15) is 62.9 Å². The summed E-state index contributed by atoms with van der Waals surface area (Å²) in [6, 6.07) is 6.03. The van der Waals surface area contributed by atoms with Gasteiger partial charge >= 0.3 is 0 Å². The number of hydrogen-bond acceptors (Lipinski definition) is 3. The van der Waals surface area contributed by atoms with E-state index >= 15 is 0 Å². The highest BCUT2D eigenvalue weighted by atomic mass is 15.3. The van der Waals surface area contributed by atoms with Crippen LogP contribution >= 0.6 is 0 Å². The van der Waals surface area contributed by atoms with Crippen LogP contribution in [0, 0.1) is 0 Å².